The molecule has 1 saturated carbocycles. The van der Waals surface area contributed by atoms with E-state index in [4.69, 9.17) is 5.11 Å². The van der Waals surface area contributed by atoms with E-state index < -0.39 is 29.5 Å². The number of carbonyl (C=O) groups excluding carboxylic acids is 2. The van der Waals surface area contributed by atoms with Crippen molar-refractivity contribution in [1.29, 1.82) is 0 Å². The van der Waals surface area contributed by atoms with Crippen LogP contribution in [0.25, 0.3) is 0 Å². The Morgan fingerprint density at radius 3 is 2.79 bits per heavy atom. The maximum Gasteiger partial charge on any atom is 0.331 e. The third kappa shape index (κ3) is 3.05. The number of pyridine rings is 1. The van der Waals surface area contributed by atoms with Gasteiger partial charge in [-0.1, -0.05) is 0 Å². The largest absolute Gasteiger partial charge is 0.491 e. The van der Waals surface area contributed by atoms with Gasteiger partial charge in [0.25, 0.3) is 0 Å². The van der Waals surface area contributed by atoms with Crippen LogP contribution in [0.15, 0.2) is 12.3 Å². The molecular weight excluding hydrogens is 255 g/mol. The Morgan fingerprint density at radius 1 is 1.58 bits per heavy atom. The van der Waals surface area contributed by atoms with Gasteiger partial charge >= 0.3 is 5.97 Å². The summed E-state index contributed by atoms with van der Waals surface area (Å²) in [7, 11) is 1.17. The fraction of sp³-hybridized carbons (Fsp3) is 0.417. The molecule has 1 aliphatic rings. The van der Waals surface area contributed by atoms with Crippen molar-refractivity contribution >= 4 is 11.8 Å². The van der Waals surface area contributed by atoms with E-state index >= 15 is 0 Å². The summed E-state index contributed by atoms with van der Waals surface area (Å²) in [6.45, 7) is 0. The van der Waals surface area contributed by atoms with Gasteiger partial charge in [-0.2, -0.15) is 0 Å². The van der Waals surface area contributed by atoms with E-state index in [-0.39, 0.29) is 11.6 Å². The number of halogens is 1. The Labute approximate surface area is 108 Å². The summed E-state index contributed by atoms with van der Waals surface area (Å²) in [4.78, 5) is 27.0. The lowest BCUT2D eigenvalue weighted by atomic mass is 10.1. The number of nitrogens with one attached hydrogen (secondary N) is 1. The third-order valence-corrected chi connectivity index (χ3v) is 2.79. The zero-order valence-corrected chi connectivity index (χ0v) is 10.2. The second kappa shape index (κ2) is 5.31. The van der Waals surface area contributed by atoms with E-state index in [1.165, 1.54) is 7.11 Å². The molecule has 0 aliphatic heterocycles. The van der Waals surface area contributed by atoms with Crippen LogP contribution in [0.1, 0.15) is 23.2 Å². The molecular formula is C12H13FN2O4. The summed E-state index contributed by atoms with van der Waals surface area (Å²) in [6, 6.07) is -0.235. The molecule has 0 spiro atoms. The van der Waals surface area contributed by atoms with E-state index in [0.29, 0.717) is 0 Å². The number of rotatable bonds is 5. The molecule has 1 aromatic rings. The number of ether oxygens (including phenoxy) is 1. The number of aromatic nitrogens is 1. The van der Waals surface area contributed by atoms with Gasteiger partial charge in [-0.25, -0.2) is 14.2 Å². The summed E-state index contributed by atoms with van der Waals surface area (Å²) in [5, 5.41) is 11.8. The number of ketones is 1. The van der Waals surface area contributed by atoms with Crippen molar-refractivity contribution in [3.05, 3.63) is 23.6 Å². The van der Waals surface area contributed by atoms with E-state index in [2.05, 4.69) is 15.0 Å². The minimum Gasteiger partial charge on any atom is -0.491 e. The van der Waals surface area contributed by atoms with Gasteiger partial charge in [0.1, 0.15) is 0 Å². The van der Waals surface area contributed by atoms with Crippen LogP contribution in [0.5, 0.6) is 5.88 Å². The Morgan fingerprint density at radius 2 is 2.26 bits per heavy atom. The zero-order valence-electron chi connectivity index (χ0n) is 10.2. The molecule has 0 bridgehead atoms. The van der Waals surface area contributed by atoms with Crippen molar-refractivity contribution in [3.63, 3.8) is 0 Å². The first-order valence-electron chi connectivity index (χ1n) is 5.75. The van der Waals surface area contributed by atoms with E-state index in [9.17, 15) is 14.0 Å². The smallest absolute Gasteiger partial charge is 0.331 e. The van der Waals surface area contributed by atoms with Gasteiger partial charge in [0.15, 0.2) is 17.6 Å². The summed E-state index contributed by atoms with van der Waals surface area (Å²) >= 11 is 0. The summed E-state index contributed by atoms with van der Waals surface area (Å²) < 4.78 is 17.7. The van der Waals surface area contributed by atoms with Gasteiger partial charge in [-0.05, 0) is 18.9 Å². The number of esters is 1. The fourth-order valence-corrected chi connectivity index (χ4v) is 1.59. The number of nitrogens with zero attached hydrogens (tertiary/aromatic N) is 1. The molecule has 6 nitrogen and oxygen atoms in total. The van der Waals surface area contributed by atoms with Crippen molar-refractivity contribution in [2.45, 2.75) is 24.9 Å². The first-order chi connectivity index (χ1) is 9.02. The topological polar surface area (TPSA) is 88.5 Å². The maximum atomic E-state index is 13.2. The molecule has 1 unspecified atom stereocenters. The average Bonchev–Trinajstić information content (AvgIpc) is 3.21. The van der Waals surface area contributed by atoms with Crippen molar-refractivity contribution in [2.24, 2.45) is 0 Å². The highest BCUT2D eigenvalue weighted by Crippen LogP contribution is 2.21. The lowest BCUT2D eigenvalue weighted by molar-refractivity contribution is -0.141. The molecule has 1 fully saturated rings. The Balaban J connectivity index is 2.21. The molecule has 7 heteroatoms. The van der Waals surface area contributed by atoms with Crippen LogP contribution in [0.2, 0.25) is 0 Å². The highest BCUT2D eigenvalue weighted by molar-refractivity contribution is 6.12. The molecule has 1 atom stereocenters. The van der Waals surface area contributed by atoms with Gasteiger partial charge in [0.05, 0.1) is 7.11 Å². The van der Waals surface area contributed by atoms with Gasteiger partial charge < -0.3 is 9.84 Å². The Hall–Kier alpha value is -2.02. The molecule has 2 N–H and O–H groups in total. The first kappa shape index (κ1) is 13.4. The first-order valence-corrected chi connectivity index (χ1v) is 5.75. The monoisotopic (exact) mass is 268 g/mol. The van der Waals surface area contributed by atoms with Crippen LogP contribution in [0, 0.1) is 5.82 Å². The lowest BCUT2D eigenvalue weighted by Crippen LogP contribution is -2.45. The van der Waals surface area contributed by atoms with Crippen LogP contribution >= 0.6 is 0 Å². The highest BCUT2D eigenvalue weighted by atomic mass is 19.1. The summed E-state index contributed by atoms with van der Waals surface area (Å²) in [6.07, 6.45) is 2.77. The number of methoxy groups -OCH3 is 1. The third-order valence-electron chi connectivity index (χ3n) is 2.79. The number of aromatic hydroxyl groups is 1. The molecule has 1 aromatic heterocycles. The standard InChI is InChI=1S/C12H13FN2O4/c1-19-12(18)9(15-7-2-3-7)10(16)6-4-8(13)11(17)14-5-6/h4-5,7,9,15H,2-3H2,1H3,(H,14,17). The number of hydrogen-bond donors (Lipinski definition) is 2. The molecule has 1 aliphatic carbocycles. The van der Waals surface area contributed by atoms with E-state index in [1.807, 2.05) is 0 Å². The number of Topliss-reactive ketones (excluding diaryl/α,β-unsaturated/α-hetero) is 1. The Bertz CT molecular complexity index is 516. The number of hydrogen-bond acceptors (Lipinski definition) is 6. The zero-order chi connectivity index (χ0) is 14.0. The van der Waals surface area contributed by atoms with Crippen LogP contribution in [-0.4, -0.2) is 41.0 Å². The van der Waals surface area contributed by atoms with Crippen LogP contribution < -0.4 is 5.32 Å². The van der Waals surface area contributed by atoms with E-state index in [1.54, 1.807) is 0 Å². The van der Waals surface area contributed by atoms with Crippen molar-refractivity contribution in [3.8, 4) is 5.88 Å². The lowest BCUT2D eigenvalue weighted by Gasteiger charge is -2.14. The molecule has 1 heterocycles. The fourth-order valence-electron chi connectivity index (χ4n) is 1.59. The molecule has 0 aromatic carbocycles. The molecule has 102 valence electrons. The molecule has 19 heavy (non-hydrogen) atoms. The van der Waals surface area contributed by atoms with Crippen molar-refractivity contribution < 1.29 is 23.8 Å². The van der Waals surface area contributed by atoms with Crippen LogP contribution in [0.3, 0.4) is 0 Å². The Kier molecular flexibility index (Phi) is 3.75. The van der Waals surface area contributed by atoms with E-state index in [0.717, 1.165) is 25.1 Å². The van der Waals surface area contributed by atoms with Gasteiger partial charge in [0.2, 0.25) is 5.88 Å². The van der Waals surface area contributed by atoms with Crippen molar-refractivity contribution in [1.82, 2.24) is 10.3 Å². The van der Waals surface area contributed by atoms with Gasteiger partial charge in [-0.3, -0.25) is 10.1 Å². The average molecular weight is 268 g/mol. The highest BCUT2D eigenvalue weighted by Gasteiger charge is 2.34. The number of carbonyl (C=O) groups is 2. The second-order valence-electron chi connectivity index (χ2n) is 4.29. The SMILES string of the molecule is COC(=O)C(NC1CC1)C(=O)c1cnc(O)c(F)c1. The van der Waals surface area contributed by atoms with Crippen LogP contribution in [-0.2, 0) is 9.53 Å². The predicted molar refractivity (Wildman–Crippen MR) is 62.2 cm³/mol. The summed E-state index contributed by atoms with van der Waals surface area (Å²) in [5.41, 5.74) is -0.0983. The van der Waals surface area contributed by atoms with Gasteiger partial charge in [-0.15, -0.1) is 0 Å². The maximum absolute atomic E-state index is 13.2. The van der Waals surface area contributed by atoms with Gasteiger partial charge in [0, 0.05) is 17.8 Å². The molecule has 2 rings (SSSR count). The molecule has 0 saturated heterocycles. The minimum absolute atomic E-state index is 0.0983. The summed E-state index contributed by atoms with van der Waals surface area (Å²) in [5.74, 6) is -3.17. The second-order valence-corrected chi connectivity index (χ2v) is 4.29. The van der Waals surface area contributed by atoms with Crippen LogP contribution in [0.4, 0.5) is 4.39 Å². The normalized spacial score (nSPS) is 15.9. The molecule has 0 amide bonds. The molecule has 0 radical (unpaired) electrons. The predicted octanol–water partition coefficient (Wildman–Crippen LogP) is 0.403. The van der Waals surface area contributed by atoms with Crippen molar-refractivity contribution in [2.75, 3.05) is 7.11 Å². The quantitative estimate of drug-likeness (QED) is 0.456. The minimum atomic E-state index is -1.18.